The van der Waals surface area contributed by atoms with E-state index < -0.39 is 37.2 Å². The van der Waals surface area contributed by atoms with Crippen molar-refractivity contribution in [2.45, 2.75) is 52.0 Å². The fourth-order valence-corrected chi connectivity index (χ4v) is 4.09. The summed E-state index contributed by atoms with van der Waals surface area (Å²) in [6.07, 6.45) is 1.25. The number of imidazole rings is 1. The highest BCUT2D eigenvalue weighted by molar-refractivity contribution is 7.85. The number of cyclic esters (lactones) is 1. The minimum Gasteiger partial charge on any atom is -0.441 e. The molecule has 0 saturated carbocycles. The zero-order chi connectivity index (χ0) is 24.6. The summed E-state index contributed by atoms with van der Waals surface area (Å²) in [5, 5.41) is 0. The van der Waals surface area contributed by atoms with Crippen molar-refractivity contribution in [3.63, 3.8) is 0 Å². The number of carbonyl (C=O) groups excluding carboxylic acids is 1. The highest BCUT2D eigenvalue weighted by Crippen LogP contribution is 2.29. The van der Waals surface area contributed by atoms with Gasteiger partial charge in [-0.1, -0.05) is 20.8 Å². The Labute approximate surface area is 195 Å². The summed E-state index contributed by atoms with van der Waals surface area (Å²) in [5.41, 5.74) is 1.17. The van der Waals surface area contributed by atoms with Crippen molar-refractivity contribution in [3.8, 4) is 5.69 Å². The van der Waals surface area contributed by atoms with E-state index in [1.165, 1.54) is 11.0 Å². The normalized spacial score (nSPS) is 17.2. The molecule has 0 radical (unpaired) electrons. The molecule has 182 valence electrons. The van der Waals surface area contributed by atoms with Gasteiger partial charge in [0, 0.05) is 11.6 Å². The minimum absolute atomic E-state index is 0.0461. The average Bonchev–Trinajstić information content (AvgIpc) is 3.27. The van der Waals surface area contributed by atoms with E-state index in [1.807, 2.05) is 20.8 Å². The summed E-state index contributed by atoms with van der Waals surface area (Å²) >= 11 is 0. The number of aromatic nitrogens is 2. The summed E-state index contributed by atoms with van der Waals surface area (Å²) < 4.78 is 55.0. The van der Waals surface area contributed by atoms with Crippen molar-refractivity contribution in [2.75, 3.05) is 24.3 Å². The van der Waals surface area contributed by atoms with Gasteiger partial charge in [0.25, 0.3) is 10.1 Å². The van der Waals surface area contributed by atoms with Gasteiger partial charge in [-0.25, -0.2) is 14.2 Å². The molecule has 2 aromatic rings. The number of hydrogen-bond donors (Lipinski definition) is 0. The minimum atomic E-state index is -3.66. The van der Waals surface area contributed by atoms with E-state index in [2.05, 4.69) is 18.1 Å². The number of amides is 1. The Balaban J connectivity index is 1.86. The SMILES string of the molecule is C[SiH](C)OCc1nc(C(C)(C)C)cn1-c1ccc(N2C[C@H](COS(C)(=O)=O)OC2=O)cc1F. The second-order valence-electron chi connectivity index (χ2n) is 9.26. The van der Waals surface area contributed by atoms with Crippen LogP contribution in [-0.2, 0) is 35.5 Å². The molecule has 3 rings (SSSR count). The Morgan fingerprint density at radius 2 is 2.00 bits per heavy atom. The standard InChI is InChI=1S/C21H30FN3O6SSi/c1-21(2,3)18-11-25(19(23-18)13-30-33(5)6)17-8-7-14(9-16(17)22)24-10-15(31-20(24)26)12-29-32(4,27)28/h7-9,11,15,33H,10,12-13H2,1-6H3/t15-/m1/s1. The molecule has 0 unspecified atom stereocenters. The molecule has 0 spiro atoms. The van der Waals surface area contributed by atoms with Crippen LogP contribution < -0.4 is 4.90 Å². The van der Waals surface area contributed by atoms with E-state index in [0.29, 0.717) is 11.5 Å². The maximum Gasteiger partial charge on any atom is 0.414 e. The Morgan fingerprint density at radius 3 is 2.58 bits per heavy atom. The summed E-state index contributed by atoms with van der Waals surface area (Å²) in [6.45, 7) is 10.2. The highest BCUT2D eigenvalue weighted by Gasteiger charge is 2.34. The molecule has 0 bridgehead atoms. The van der Waals surface area contributed by atoms with E-state index in [1.54, 1.807) is 22.9 Å². The third-order valence-electron chi connectivity index (χ3n) is 4.94. The van der Waals surface area contributed by atoms with Gasteiger partial charge in [0.05, 0.1) is 36.5 Å². The van der Waals surface area contributed by atoms with Crippen LogP contribution in [0, 0.1) is 5.82 Å². The molecule has 1 aromatic heterocycles. The number of ether oxygens (including phenoxy) is 1. The van der Waals surface area contributed by atoms with Gasteiger partial charge in [-0.15, -0.1) is 0 Å². The molecule has 33 heavy (non-hydrogen) atoms. The van der Waals surface area contributed by atoms with Crippen molar-refractivity contribution in [2.24, 2.45) is 0 Å². The first-order chi connectivity index (χ1) is 15.2. The van der Waals surface area contributed by atoms with Gasteiger partial charge in [-0.3, -0.25) is 13.7 Å². The molecule has 1 atom stereocenters. The van der Waals surface area contributed by atoms with Gasteiger partial charge in [-0.2, -0.15) is 8.42 Å². The third kappa shape index (κ3) is 6.40. The van der Waals surface area contributed by atoms with E-state index >= 15 is 4.39 Å². The van der Waals surface area contributed by atoms with Crippen molar-refractivity contribution >= 4 is 30.9 Å². The highest BCUT2D eigenvalue weighted by atomic mass is 32.2. The maximum atomic E-state index is 15.2. The molecular formula is C21H30FN3O6SSi. The predicted octanol–water partition coefficient (Wildman–Crippen LogP) is 3.11. The van der Waals surface area contributed by atoms with Crippen LogP contribution in [-0.4, -0.2) is 58.6 Å². The van der Waals surface area contributed by atoms with Crippen LogP contribution in [0.3, 0.4) is 0 Å². The van der Waals surface area contributed by atoms with Crippen molar-refractivity contribution in [1.82, 2.24) is 9.55 Å². The van der Waals surface area contributed by atoms with Gasteiger partial charge in [0.15, 0.2) is 9.04 Å². The zero-order valence-corrected chi connectivity index (χ0v) is 21.6. The maximum absolute atomic E-state index is 15.2. The topological polar surface area (TPSA) is 100.0 Å². The number of nitrogens with zero attached hydrogens (tertiary/aromatic N) is 3. The Hall–Kier alpha value is -2.28. The lowest BCUT2D eigenvalue weighted by molar-refractivity contribution is 0.107. The largest absolute Gasteiger partial charge is 0.441 e. The molecule has 12 heteroatoms. The molecular weight excluding hydrogens is 469 g/mol. The van der Waals surface area contributed by atoms with E-state index in [9.17, 15) is 13.2 Å². The molecule has 0 aliphatic carbocycles. The lowest BCUT2D eigenvalue weighted by Crippen LogP contribution is -2.26. The number of hydrogen-bond acceptors (Lipinski definition) is 7. The van der Waals surface area contributed by atoms with E-state index in [-0.39, 0.29) is 30.9 Å². The molecule has 2 heterocycles. The first-order valence-electron chi connectivity index (χ1n) is 10.6. The monoisotopic (exact) mass is 499 g/mol. The lowest BCUT2D eigenvalue weighted by atomic mass is 9.93. The molecule has 1 saturated heterocycles. The molecule has 1 fully saturated rings. The fourth-order valence-electron chi connectivity index (χ4n) is 3.21. The Bertz CT molecular complexity index is 1130. The fraction of sp³-hybridized carbons (Fsp3) is 0.524. The van der Waals surface area contributed by atoms with E-state index in [0.717, 1.165) is 11.9 Å². The molecule has 1 aliphatic heterocycles. The zero-order valence-electron chi connectivity index (χ0n) is 19.7. The lowest BCUT2D eigenvalue weighted by Gasteiger charge is -2.16. The van der Waals surface area contributed by atoms with Gasteiger partial charge in [-0.05, 0) is 31.3 Å². The smallest absolute Gasteiger partial charge is 0.414 e. The summed E-state index contributed by atoms with van der Waals surface area (Å²) in [5.74, 6) is 0.0587. The van der Waals surface area contributed by atoms with Crippen LogP contribution in [0.15, 0.2) is 24.4 Å². The van der Waals surface area contributed by atoms with Crippen molar-refractivity contribution < 1.29 is 30.9 Å². The molecule has 1 aromatic carbocycles. The number of carbonyl (C=O) groups is 1. The summed E-state index contributed by atoms with van der Waals surface area (Å²) in [6, 6.07) is 4.43. The van der Waals surface area contributed by atoms with Crippen LogP contribution >= 0.6 is 0 Å². The first kappa shape index (κ1) is 25.3. The van der Waals surface area contributed by atoms with Crippen LogP contribution in [0.25, 0.3) is 5.69 Å². The first-order valence-corrected chi connectivity index (χ1v) is 15.2. The Kier molecular flexibility index (Phi) is 7.32. The molecule has 1 aliphatic rings. The molecule has 1 amide bonds. The summed E-state index contributed by atoms with van der Waals surface area (Å²) in [4.78, 5) is 18.2. The summed E-state index contributed by atoms with van der Waals surface area (Å²) in [7, 11) is -4.97. The average molecular weight is 500 g/mol. The van der Waals surface area contributed by atoms with Gasteiger partial charge in [0.1, 0.15) is 24.4 Å². The number of rotatable bonds is 8. The molecule has 9 nitrogen and oxygen atoms in total. The number of benzene rings is 1. The van der Waals surface area contributed by atoms with Gasteiger partial charge in [0.2, 0.25) is 0 Å². The predicted molar refractivity (Wildman–Crippen MR) is 124 cm³/mol. The van der Waals surface area contributed by atoms with Crippen molar-refractivity contribution in [1.29, 1.82) is 0 Å². The van der Waals surface area contributed by atoms with Crippen LogP contribution in [0.2, 0.25) is 13.1 Å². The van der Waals surface area contributed by atoms with Gasteiger partial charge < -0.3 is 9.16 Å². The number of anilines is 1. The van der Waals surface area contributed by atoms with Crippen LogP contribution in [0.5, 0.6) is 0 Å². The Morgan fingerprint density at radius 1 is 1.30 bits per heavy atom. The number of halogens is 1. The quantitative estimate of drug-likeness (QED) is 0.406. The van der Waals surface area contributed by atoms with Crippen LogP contribution in [0.4, 0.5) is 14.9 Å². The van der Waals surface area contributed by atoms with E-state index in [4.69, 9.17) is 13.3 Å². The third-order valence-corrected chi connectivity index (χ3v) is 6.34. The van der Waals surface area contributed by atoms with Crippen molar-refractivity contribution in [3.05, 3.63) is 41.7 Å². The van der Waals surface area contributed by atoms with Crippen LogP contribution in [0.1, 0.15) is 32.3 Å². The molecule has 0 N–H and O–H groups in total. The second kappa shape index (κ2) is 9.53. The second-order valence-corrected chi connectivity index (χ2v) is 13.3. The van der Waals surface area contributed by atoms with Gasteiger partial charge >= 0.3 is 6.09 Å².